The first kappa shape index (κ1) is 11.7. The second kappa shape index (κ2) is 8.80. The molecule has 0 bridgehead atoms. The van der Waals surface area contributed by atoms with Crippen LogP contribution < -0.4 is 0 Å². The summed E-state index contributed by atoms with van der Waals surface area (Å²) in [5.74, 6) is 0. The van der Waals surface area contributed by atoms with E-state index in [-0.39, 0.29) is 27.4 Å². The Kier molecular flexibility index (Phi) is 9.37. The summed E-state index contributed by atoms with van der Waals surface area (Å²) in [5, 5.41) is 8.89. The van der Waals surface area contributed by atoms with Crippen molar-refractivity contribution in [1.29, 1.82) is 0 Å². The van der Waals surface area contributed by atoms with Gasteiger partial charge in [-0.05, 0) is 0 Å². The van der Waals surface area contributed by atoms with Crippen molar-refractivity contribution in [2.24, 2.45) is 0 Å². The van der Waals surface area contributed by atoms with Crippen LogP contribution >= 0.6 is 0 Å². The molecular weight excluding hydrogens is 256 g/mol. The van der Waals surface area contributed by atoms with Gasteiger partial charge in [-0.1, -0.05) is 0 Å². The first-order valence-corrected chi connectivity index (χ1v) is 6.79. The van der Waals surface area contributed by atoms with Gasteiger partial charge in [0.1, 0.15) is 0 Å². The second-order valence-corrected chi connectivity index (χ2v) is 5.15. The Morgan fingerprint density at radius 3 is 2.82 bits per heavy atom. The zero-order valence-electron chi connectivity index (χ0n) is 7.38. The quantitative estimate of drug-likeness (QED) is 0.564. The Morgan fingerprint density at radius 1 is 1.55 bits per heavy atom. The molecule has 0 aliphatic rings. The number of aliphatic hydroxyl groups excluding tert-OH is 1. The molecule has 1 atom stereocenters. The van der Waals surface area contributed by atoms with Crippen LogP contribution in [0.3, 0.4) is 0 Å². The standard InChI is InChI=1S/C8H18O2Te/c1-3-4-7-11-10-6-5-8(2)9/h8-9H,3-7H2,1-2H3/t8-/m1/s1. The van der Waals surface area contributed by atoms with E-state index in [1.807, 2.05) is 0 Å². The molecule has 0 unspecified atom stereocenters. The molecule has 11 heavy (non-hydrogen) atoms. The third kappa shape index (κ3) is 10.7. The van der Waals surface area contributed by atoms with Crippen molar-refractivity contribution in [1.82, 2.24) is 0 Å². The SMILES string of the molecule is CCCC[Te]OCC[C@@H](C)O. The van der Waals surface area contributed by atoms with Crippen LogP contribution in [0.1, 0.15) is 33.1 Å². The molecule has 0 amide bonds. The third-order valence-electron chi connectivity index (χ3n) is 1.28. The Morgan fingerprint density at radius 2 is 2.27 bits per heavy atom. The molecule has 0 fully saturated rings. The molecule has 0 radical (unpaired) electrons. The first-order chi connectivity index (χ1) is 5.27. The molecule has 0 saturated carbocycles. The second-order valence-electron chi connectivity index (χ2n) is 2.64. The number of aliphatic hydroxyl groups is 1. The first-order valence-electron chi connectivity index (χ1n) is 4.19. The summed E-state index contributed by atoms with van der Waals surface area (Å²) >= 11 is -0.183. The van der Waals surface area contributed by atoms with Crippen molar-refractivity contribution in [3.8, 4) is 0 Å². The molecule has 0 aliphatic carbocycles. The van der Waals surface area contributed by atoms with Gasteiger partial charge in [-0.15, -0.1) is 0 Å². The van der Waals surface area contributed by atoms with E-state index in [1.165, 1.54) is 17.3 Å². The summed E-state index contributed by atoms with van der Waals surface area (Å²) in [6.45, 7) is 4.75. The van der Waals surface area contributed by atoms with E-state index < -0.39 is 0 Å². The molecule has 0 aromatic heterocycles. The monoisotopic (exact) mass is 276 g/mol. The Bertz CT molecular complexity index is 76.5. The summed E-state index contributed by atoms with van der Waals surface area (Å²) in [6.07, 6.45) is 3.16. The van der Waals surface area contributed by atoms with Crippen molar-refractivity contribution in [3.05, 3.63) is 0 Å². The van der Waals surface area contributed by atoms with E-state index >= 15 is 0 Å². The van der Waals surface area contributed by atoms with Gasteiger partial charge in [0.25, 0.3) is 0 Å². The van der Waals surface area contributed by atoms with Gasteiger partial charge in [0.15, 0.2) is 0 Å². The summed E-state index contributed by atoms with van der Waals surface area (Å²) in [5.41, 5.74) is 0. The zero-order valence-corrected chi connectivity index (χ0v) is 9.71. The molecule has 68 valence electrons. The van der Waals surface area contributed by atoms with Gasteiger partial charge in [-0.3, -0.25) is 0 Å². The van der Waals surface area contributed by atoms with Gasteiger partial charge in [0.2, 0.25) is 0 Å². The molecule has 0 spiro atoms. The Hall–Kier alpha value is 0.710. The van der Waals surface area contributed by atoms with Crippen molar-refractivity contribution in [2.75, 3.05) is 6.61 Å². The summed E-state index contributed by atoms with van der Waals surface area (Å²) < 4.78 is 6.70. The summed E-state index contributed by atoms with van der Waals surface area (Å²) in [7, 11) is 0. The average molecular weight is 274 g/mol. The Balaban J connectivity index is 2.80. The predicted octanol–water partition coefficient (Wildman–Crippen LogP) is 1.61. The van der Waals surface area contributed by atoms with E-state index in [0.717, 1.165) is 13.0 Å². The molecule has 0 saturated heterocycles. The fraction of sp³-hybridized carbons (Fsp3) is 1.00. The summed E-state index contributed by atoms with van der Waals surface area (Å²) in [4.78, 5) is 0. The molecule has 0 aliphatic heterocycles. The van der Waals surface area contributed by atoms with Gasteiger partial charge in [0, 0.05) is 0 Å². The minimum absolute atomic E-state index is 0.183. The number of unbranched alkanes of at least 4 members (excludes halogenated alkanes) is 1. The van der Waals surface area contributed by atoms with Crippen molar-refractivity contribution < 1.29 is 8.21 Å². The van der Waals surface area contributed by atoms with Crippen LogP contribution in [-0.4, -0.2) is 39.2 Å². The van der Waals surface area contributed by atoms with Crippen LogP contribution in [0.4, 0.5) is 0 Å². The number of hydrogen-bond donors (Lipinski definition) is 1. The number of hydrogen-bond acceptors (Lipinski definition) is 2. The van der Waals surface area contributed by atoms with Crippen molar-refractivity contribution in [2.45, 2.75) is 43.7 Å². The maximum atomic E-state index is 8.89. The molecule has 0 rings (SSSR count). The van der Waals surface area contributed by atoms with E-state index in [4.69, 9.17) is 8.21 Å². The van der Waals surface area contributed by atoms with Crippen LogP contribution in [0.5, 0.6) is 0 Å². The van der Waals surface area contributed by atoms with E-state index in [1.54, 1.807) is 6.92 Å². The molecular formula is C8H18O2Te. The van der Waals surface area contributed by atoms with Crippen molar-refractivity contribution in [3.63, 3.8) is 0 Å². The maximum absolute atomic E-state index is 8.89. The number of rotatable bonds is 7. The third-order valence-corrected chi connectivity index (χ3v) is 3.53. The normalized spacial score (nSPS) is 13.4. The van der Waals surface area contributed by atoms with Crippen LogP contribution in [0.15, 0.2) is 0 Å². The van der Waals surface area contributed by atoms with Gasteiger partial charge >= 0.3 is 79.8 Å². The molecule has 0 aromatic carbocycles. The van der Waals surface area contributed by atoms with E-state index in [0.29, 0.717) is 0 Å². The van der Waals surface area contributed by atoms with Crippen LogP contribution in [0.2, 0.25) is 4.47 Å². The van der Waals surface area contributed by atoms with Crippen LogP contribution in [0.25, 0.3) is 0 Å². The van der Waals surface area contributed by atoms with Crippen molar-refractivity contribution >= 4 is 21.3 Å². The molecule has 3 heteroatoms. The zero-order chi connectivity index (χ0) is 8.53. The topological polar surface area (TPSA) is 29.5 Å². The van der Waals surface area contributed by atoms with Gasteiger partial charge in [-0.25, -0.2) is 0 Å². The van der Waals surface area contributed by atoms with E-state index in [2.05, 4.69) is 6.92 Å². The van der Waals surface area contributed by atoms with Gasteiger partial charge < -0.3 is 0 Å². The summed E-state index contributed by atoms with van der Waals surface area (Å²) in [6, 6.07) is 0. The van der Waals surface area contributed by atoms with Gasteiger partial charge in [-0.2, -0.15) is 0 Å². The Labute approximate surface area is 79.9 Å². The van der Waals surface area contributed by atoms with Crippen LogP contribution in [-0.2, 0) is 3.10 Å². The molecule has 1 N–H and O–H groups in total. The fourth-order valence-electron chi connectivity index (χ4n) is 0.540. The fourth-order valence-corrected chi connectivity index (χ4v) is 2.65. The predicted molar refractivity (Wildman–Crippen MR) is 47.7 cm³/mol. The molecule has 0 heterocycles. The van der Waals surface area contributed by atoms with Gasteiger partial charge in [0.05, 0.1) is 0 Å². The average Bonchev–Trinajstić information content (AvgIpc) is 1.96. The molecule has 2 nitrogen and oxygen atoms in total. The molecule has 0 aromatic rings. The van der Waals surface area contributed by atoms with Crippen LogP contribution in [0, 0.1) is 0 Å². The van der Waals surface area contributed by atoms with E-state index in [9.17, 15) is 0 Å². The minimum atomic E-state index is -0.200.